The van der Waals surface area contributed by atoms with Gasteiger partial charge < -0.3 is 24.4 Å². The number of rotatable bonds is 1. The van der Waals surface area contributed by atoms with E-state index in [1.807, 2.05) is 27.7 Å². The third-order valence-electron chi connectivity index (χ3n) is 3.85. The molecule has 0 aromatic rings. The second kappa shape index (κ2) is 3.76. The van der Waals surface area contributed by atoms with Crippen molar-refractivity contribution in [1.82, 2.24) is 0 Å². The minimum absolute atomic E-state index is 0.00894. The van der Waals surface area contributed by atoms with Gasteiger partial charge in [-0.05, 0) is 34.1 Å². The highest BCUT2D eigenvalue weighted by atomic mass is 16.8. The van der Waals surface area contributed by atoms with Crippen molar-refractivity contribution in [3.63, 3.8) is 0 Å². The minimum atomic E-state index is -0.610. The highest BCUT2D eigenvalue weighted by Crippen LogP contribution is 2.46. The van der Waals surface area contributed by atoms with Crippen LogP contribution in [0.2, 0.25) is 0 Å². The van der Waals surface area contributed by atoms with Crippen molar-refractivity contribution < 1.29 is 18.9 Å². The van der Waals surface area contributed by atoms with Crippen molar-refractivity contribution in [2.24, 2.45) is 5.92 Å². The van der Waals surface area contributed by atoms with E-state index in [-0.39, 0.29) is 30.3 Å². The molecule has 102 valence electrons. The molecule has 2 aliphatic heterocycles. The summed E-state index contributed by atoms with van der Waals surface area (Å²) in [5, 5.41) is 7.57. The Kier molecular flexibility index (Phi) is 2.62. The summed E-state index contributed by atoms with van der Waals surface area (Å²) in [7, 11) is 0. The molecule has 0 bridgehead atoms. The van der Waals surface area contributed by atoms with Crippen LogP contribution in [-0.4, -0.2) is 42.2 Å². The summed E-state index contributed by atoms with van der Waals surface area (Å²) in [4.78, 5) is 0. The molecule has 3 fully saturated rings. The van der Waals surface area contributed by atoms with E-state index in [0.717, 1.165) is 6.42 Å². The molecule has 3 rings (SSSR count). The Labute approximate surface area is 107 Å². The average Bonchev–Trinajstić information content (AvgIpc) is 2.71. The Balaban J connectivity index is 1.89. The maximum Gasteiger partial charge on any atom is 0.163 e. The summed E-state index contributed by atoms with van der Waals surface area (Å²) >= 11 is 0. The molecule has 0 radical (unpaired) electrons. The van der Waals surface area contributed by atoms with E-state index in [4.69, 9.17) is 24.4 Å². The van der Waals surface area contributed by atoms with Crippen molar-refractivity contribution >= 4 is 6.21 Å². The summed E-state index contributed by atoms with van der Waals surface area (Å²) in [6, 6.07) is 0. The number of ether oxygens (including phenoxy) is 4. The molecule has 2 saturated heterocycles. The van der Waals surface area contributed by atoms with Crippen LogP contribution >= 0.6 is 0 Å². The first-order valence-electron chi connectivity index (χ1n) is 6.53. The van der Waals surface area contributed by atoms with Crippen LogP contribution in [0.15, 0.2) is 0 Å². The standard InChI is InChI=1S/C13H21NO4/c1-12(2)15-8-5-7(6-14)9-11(10(8)17-12)18-13(3,4)16-9/h6-11,14H,5H2,1-4H3/t7-,8+,9+,10+,11+/m0/s1. The largest absolute Gasteiger partial charge is 0.344 e. The molecule has 1 aliphatic carbocycles. The first kappa shape index (κ1) is 12.5. The number of fused-ring (bicyclic) bond motifs is 3. The number of hydrogen-bond donors (Lipinski definition) is 1. The fourth-order valence-electron chi connectivity index (χ4n) is 3.29. The summed E-state index contributed by atoms with van der Waals surface area (Å²) in [6.45, 7) is 7.64. The fraction of sp³-hybridized carbons (Fsp3) is 0.923. The Morgan fingerprint density at radius 3 is 2.11 bits per heavy atom. The second-order valence-electron chi connectivity index (χ2n) is 6.27. The van der Waals surface area contributed by atoms with Gasteiger partial charge in [0.1, 0.15) is 12.2 Å². The molecule has 0 aromatic heterocycles. The molecular weight excluding hydrogens is 234 g/mol. The highest BCUT2D eigenvalue weighted by Gasteiger charge is 2.59. The van der Waals surface area contributed by atoms with Gasteiger partial charge in [0.05, 0.1) is 12.2 Å². The highest BCUT2D eigenvalue weighted by molar-refractivity contribution is 5.58. The van der Waals surface area contributed by atoms with Gasteiger partial charge in [0, 0.05) is 12.1 Å². The molecule has 0 amide bonds. The summed E-state index contributed by atoms with van der Waals surface area (Å²) < 4.78 is 23.7. The molecule has 2 heterocycles. The molecule has 1 N–H and O–H groups in total. The topological polar surface area (TPSA) is 60.8 Å². The zero-order valence-electron chi connectivity index (χ0n) is 11.3. The quantitative estimate of drug-likeness (QED) is 0.724. The third-order valence-corrected chi connectivity index (χ3v) is 3.85. The van der Waals surface area contributed by atoms with E-state index in [2.05, 4.69) is 0 Å². The Morgan fingerprint density at radius 2 is 1.44 bits per heavy atom. The summed E-state index contributed by atoms with van der Waals surface area (Å²) in [5.41, 5.74) is 0. The van der Waals surface area contributed by atoms with E-state index in [0.29, 0.717) is 0 Å². The zero-order chi connectivity index (χ0) is 13.1. The molecular formula is C13H21NO4. The zero-order valence-corrected chi connectivity index (χ0v) is 11.3. The lowest BCUT2D eigenvalue weighted by Crippen LogP contribution is -2.51. The Bertz CT molecular complexity index is 368. The normalized spacial score (nSPS) is 48.6. The molecule has 5 atom stereocenters. The predicted octanol–water partition coefficient (Wildman–Crippen LogP) is 1.70. The maximum atomic E-state index is 7.57. The van der Waals surface area contributed by atoms with Crippen LogP contribution < -0.4 is 0 Å². The number of nitrogens with one attached hydrogen (secondary N) is 1. The van der Waals surface area contributed by atoms with Crippen LogP contribution in [0, 0.1) is 11.3 Å². The molecule has 1 saturated carbocycles. The van der Waals surface area contributed by atoms with Gasteiger partial charge in [-0.25, -0.2) is 0 Å². The van der Waals surface area contributed by atoms with E-state index < -0.39 is 11.6 Å². The smallest absolute Gasteiger partial charge is 0.163 e. The molecule has 3 aliphatic rings. The summed E-state index contributed by atoms with van der Waals surface area (Å²) in [5.74, 6) is -1.15. The monoisotopic (exact) mass is 255 g/mol. The van der Waals surface area contributed by atoms with Gasteiger partial charge in [-0.15, -0.1) is 0 Å². The van der Waals surface area contributed by atoms with Crippen LogP contribution in [0.3, 0.4) is 0 Å². The first-order chi connectivity index (χ1) is 8.31. The van der Waals surface area contributed by atoms with Crippen molar-refractivity contribution in [1.29, 1.82) is 5.41 Å². The van der Waals surface area contributed by atoms with E-state index >= 15 is 0 Å². The van der Waals surface area contributed by atoms with Crippen LogP contribution in [0.5, 0.6) is 0 Å². The molecule has 0 unspecified atom stereocenters. The lowest BCUT2D eigenvalue weighted by molar-refractivity contribution is -0.176. The van der Waals surface area contributed by atoms with Crippen molar-refractivity contribution in [2.45, 2.75) is 70.1 Å². The molecule has 5 heteroatoms. The molecule has 0 spiro atoms. The Hall–Kier alpha value is -0.490. The van der Waals surface area contributed by atoms with Gasteiger partial charge in [0.2, 0.25) is 0 Å². The summed E-state index contributed by atoms with van der Waals surface area (Å²) in [6.07, 6.45) is 1.86. The molecule has 18 heavy (non-hydrogen) atoms. The Morgan fingerprint density at radius 1 is 0.889 bits per heavy atom. The number of hydrogen-bond acceptors (Lipinski definition) is 5. The van der Waals surface area contributed by atoms with E-state index in [9.17, 15) is 0 Å². The SMILES string of the molecule is CC1(C)O[C@@H]2[C@H](O1)[C@H](C=N)C[C@H]1OC(C)(C)O[C@@H]21. The van der Waals surface area contributed by atoms with Crippen LogP contribution in [0.25, 0.3) is 0 Å². The third kappa shape index (κ3) is 1.90. The van der Waals surface area contributed by atoms with Crippen LogP contribution in [0.1, 0.15) is 34.1 Å². The lowest BCUT2D eigenvalue weighted by atomic mass is 9.81. The van der Waals surface area contributed by atoms with Gasteiger partial charge in [0.15, 0.2) is 11.6 Å². The predicted molar refractivity (Wildman–Crippen MR) is 64.5 cm³/mol. The second-order valence-corrected chi connectivity index (χ2v) is 6.27. The fourth-order valence-corrected chi connectivity index (χ4v) is 3.29. The van der Waals surface area contributed by atoms with Crippen molar-refractivity contribution in [3.05, 3.63) is 0 Å². The van der Waals surface area contributed by atoms with Gasteiger partial charge in [0.25, 0.3) is 0 Å². The van der Waals surface area contributed by atoms with Gasteiger partial charge in [-0.3, -0.25) is 0 Å². The molecule has 0 aromatic carbocycles. The minimum Gasteiger partial charge on any atom is -0.344 e. The van der Waals surface area contributed by atoms with Gasteiger partial charge in [-0.2, -0.15) is 0 Å². The average molecular weight is 255 g/mol. The van der Waals surface area contributed by atoms with Crippen LogP contribution in [0.4, 0.5) is 0 Å². The maximum absolute atomic E-state index is 7.57. The molecule has 5 nitrogen and oxygen atoms in total. The van der Waals surface area contributed by atoms with Gasteiger partial charge >= 0.3 is 0 Å². The van der Waals surface area contributed by atoms with Crippen molar-refractivity contribution in [3.8, 4) is 0 Å². The lowest BCUT2D eigenvalue weighted by Gasteiger charge is -2.35. The van der Waals surface area contributed by atoms with Crippen LogP contribution in [-0.2, 0) is 18.9 Å². The van der Waals surface area contributed by atoms with E-state index in [1.54, 1.807) is 0 Å². The van der Waals surface area contributed by atoms with Gasteiger partial charge in [-0.1, -0.05) is 0 Å². The van der Waals surface area contributed by atoms with Crippen molar-refractivity contribution in [2.75, 3.05) is 0 Å². The first-order valence-corrected chi connectivity index (χ1v) is 6.53. The van der Waals surface area contributed by atoms with E-state index in [1.165, 1.54) is 6.21 Å².